The van der Waals surface area contributed by atoms with E-state index >= 15 is 0 Å². The Balaban J connectivity index is 1.51. The van der Waals surface area contributed by atoms with Crippen molar-refractivity contribution < 1.29 is 18.8 Å². The highest BCUT2D eigenvalue weighted by Crippen LogP contribution is 2.35. The van der Waals surface area contributed by atoms with E-state index in [1.165, 1.54) is 0 Å². The number of benzene rings is 2. The molecule has 0 atom stereocenters. The Labute approximate surface area is 213 Å². The molecule has 0 unspecified atom stereocenters. The molecule has 0 aliphatic rings. The normalized spacial score (nSPS) is 11.6. The number of hydrogen-bond donors (Lipinski definition) is 2. The number of pyridine rings is 1. The fourth-order valence-electron chi connectivity index (χ4n) is 3.42. The lowest BCUT2D eigenvalue weighted by atomic mass is 9.93. The van der Waals surface area contributed by atoms with Crippen LogP contribution in [0.2, 0.25) is 5.02 Å². The Hall–Kier alpha value is -4.11. The molecule has 2 heterocycles. The molecule has 0 radical (unpaired) electrons. The molecule has 2 aromatic heterocycles. The number of methoxy groups -OCH3 is 1. The largest absolute Gasteiger partial charge is 0.496 e. The summed E-state index contributed by atoms with van der Waals surface area (Å²) in [6.45, 7) is 5.97. The lowest BCUT2D eigenvalue weighted by Gasteiger charge is -2.13. The summed E-state index contributed by atoms with van der Waals surface area (Å²) in [5.41, 5.74) is 1.70. The summed E-state index contributed by atoms with van der Waals surface area (Å²) in [6, 6.07) is 11.7. The molecule has 4 aromatic rings. The molecule has 10 heteroatoms. The molecule has 0 saturated carbocycles. The summed E-state index contributed by atoms with van der Waals surface area (Å²) in [5.74, 6) is 2.71. The molecule has 0 spiro atoms. The maximum Gasteiger partial charge on any atom is 0.324 e. The minimum atomic E-state index is -0.501. The van der Waals surface area contributed by atoms with Crippen molar-refractivity contribution in [2.75, 3.05) is 24.8 Å². The first-order valence-electron chi connectivity index (χ1n) is 11.1. The predicted octanol–water partition coefficient (Wildman–Crippen LogP) is 6.67. The Bertz CT molecular complexity index is 1440. The fourth-order valence-corrected chi connectivity index (χ4v) is 3.63. The number of urea groups is 1. The third-order valence-corrected chi connectivity index (χ3v) is 5.54. The highest BCUT2D eigenvalue weighted by atomic mass is 35.5. The van der Waals surface area contributed by atoms with Crippen LogP contribution < -0.4 is 20.1 Å². The fraction of sp³-hybridized carbons (Fsp3) is 0.231. The van der Waals surface area contributed by atoms with Crippen molar-refractivity contribution in [3.8, 4) is 17.2 Å². The van der Waals surface area contributed by atoms with E-state index in [0.717, 1.165) is 10.9 Å². The summed E-state index contributed by atoms with van der Waals surface area (Å²) < 4.78 is 16.8. The zero-order valence-electron chi connectivity index (χ0n) is 20.5. The lowest BCUT2D eigenvalue weighted by Crippen LogP contribution is -2.19. The number of carbonyl (C=O) groups is 1. The minimum Gasteiger partial charge on any atom is -0.496 e. The van der Waals surface area contributed by atoms with Crippen LogP contribution in [0.15, 0.2) is 58.2 Å². The SMILES string of the molecule is CN=Cc1cc2c(Oc3ccc(NC(=O)Nc4cc(C(C)(C)C)on4)c(Cl)c3)ccnc2cc1OC. The van der Waals surface area contributed by atoms with Gasteiger partial charge in [-0.15, -0.1) is 0 Å². The molecule has 0 aliphatic carbocycles. The second-order valence-electron chi connectivity index (χ2n) is 8.96. The van der Waals surface area contributed by atoms with Gasteiger partial charge in [-0.1, -0.05) is 37.5 Å². The number of hydrogen-bond acceptors (Lipinski definition) is 7. The van der Waals surface area contributed by atoms with E-state index in [1.54, 1.807) is 56.9 Å². The first-order chi connectivity index (χ1) is 17.2. The van der Waals surface area contributed by atoms with Crippen LogP contribution in [-0.4, -0.2) is 36.5 Å². The van der Waals surface area contributed by atoms with E-state index in [9.17, 15) is 4.79 Å². The molecule has 186 valence electrons. The number of nitrogens with one attached hydrogen (secondary N) is 2. The quantitative estimate of drug-likeness (QED) is 0.282. The number of rotatable bonds is 6. The minimum absolute atomic E-state index is 0.222. The monoisotopic (exact) mass is 507 g/mol. The van der Waals surface area contributed by atoms with Gasteiger partial charge in [-0.05, 0) is 24.3 Å². The summed E-state index contributed by atoms with van der Waals surface area (Å²) in [5, 5.41) is 10.3. The van der Waals surface area contributed by atoms with Crippen LogP contribution in [0.4, 0.5) is 16.3 Å². The number of amides is 2. The van der Waals surface area contributed by atoms with Gasteiger partial charge in [0.15, 0.2) is 5.82 Å². The smallest absolute Gasteiger partial charge is 0.324 e. The van der Waals surface area contributed by atoms with Gasteiger partial charge >= 0.3 is 6.03 Å². The van der Waals surface area contributed by atoms with Crippen LogP contribution >= 0.6 is 11.6 Å². The average molecular weight is 508 g/mol. The average Bonchev–Trinajstić information content (AvgIpc) is 3.30. The Morgan fingerprint density at radius 1 is 1.11 bits per heavy atom. The molecule has 2 N–H and O–H groups in total. The van der Waals surface area contributed by atoms with Crippen molar-refractivity contribution in [1.29, 1.82) is 0 Å². The van der Waals surface area contributed by atoms with Gasteiger partial charge in [-0.2, -0.15) is 0 Å². The van der Waals surface area contributed by atoms with Crippen LogP contribution in [0.25, 0.3) is 10.9 Å². The highest BCUT2D eigenvalue weighted by molar-refractivity contribution is 6.34. The van der Waals surface area contributed by atoms with E-state index in [-0.39, 0.29) is 5.41 Å². The van der Waals surface area contributed by atoms with Crippen LogP contribution in [0.5, 0.6) is 17.2 Å². The van der Waals surface area contributed by atoms with Gasteiger partial charge in [0.2, 0.25) is 0 Å². The third-order valence-electron chi connectivity index (χ3n) is 5.23. The van der Waals surface area contributed by atoms with E-state index in [0.29, 0.717) is 45.1 Å². The van der Waals surface area contributed by atoms with Gasteiger partial charge in [0, 0.05) is 54.0 Å². The second-order valence-corrected chi connectivity index (χ2v) is 9.36. The zero-order chi connectivity index (χ0) is 25.9. The van der Waals surface area contributed by atoms with Gasteiger partial charge in [-0.3, -0.25) is 15.3 Å². The van der Waals surface area contributed by atoms with E-state index in [2.05, 4.69) is 25.8 Å². The van der Waals surface area contributed by atoms with E-state index in [4.69, 9.17) is 25.6 Å². The number of aromatic nitrogens is 2. The molecule has 0 bridgehead atoms. The third kappa shape index (κ3) is 5.58. The van der Waals surface area contributed by atoms with Crippen molar-refractivity contribution >= 4 is 46.3 Å². The molecule has 2 amide bonds. The Morgan fingerprint density at radius 3 is 2.58 bits per heavy atom. The number of ether oxygens (including phenoxy) is 2. The van der Waals surface area contributed by atoms with Gasteiger partial charge in [-0.25, -0.2) is 4.79 Å². The van der Waals surface area contributed by atoms with Crippen molar-refractivity contribution in [3.05, 3.63) is 65.0 Å². The predicted molar refractivity (Wildman–Crippen MR) is 141 cm³/mol. The molecule has 0 aliphatic heterocycles. The maximum atomic E-state index is 12.4. The van der Waals surface area contributed by atoms with Crippen molar-refractivity contribution in [1.82, 2.24) is 10.1 Å². The lowest BCUT2D eigenvalue weighted by molar-refractivity contribution is 0.262. The topological polar surface area (TPSA) is 111 Å². The summed E-state index contributed by atoms with van der Waals surface area (Å²) >= 11 is 6.43. The molecule has 4 rings (SSSR count). The van der Waals surface area contributed by atoms with Crippen molar-refractivity contribution in [2.45, 2.75) is 26.2 Å². The number of anilines is 2. The van der Waals surface area contributed by atoms with Crippen LogP contribution in [0.3, 0.4) is 0 Å². The molecular weight excluding hydrogens is 482 g/mol. The van der Waals surface area contributed by atoms with Gasteiger partial charge in [0.1, 0.15) is 23.0 Å². The summed E-state index contributed by atoms with van der Waals surface area (Å²) in [7, 11) is 3.29. The zero-order valence-corrected chi connectivity index (χ0v) is 21.3. The first-order valence-corrected chi connectivity index (χ1v) is 11.5. The summed E-state index contributed by atoms with van der Waals surface area (Å²) in [4.78, 5) is 20.9. The standard InChI is InChI=1S/C26H26ClN5O4/c1-26(2,3)23-13-24(32-36-23)31-25(33)30-19-7-6-16(11-18(19)27)35-21-8-9-29-20-12-22(34-5)15(14-28-4)10-17(20)21/h6-14H,1-5H3,(H2,30,31,32,33). The summed E-state index contributed by atoms with van der Waals surface area (Å²) in [6.07, 6.45) is 3.36. The number of carbonyl (C=O) groups excluding carboxylic acids is 1. The molecular formula is C26H26ClN5O4. The molecule has 0 saturated heterocycles. The number of fused-ring (bicyclic) bond motifs is 1. The molecule has 2 aromatic carbocycles. The number of halogens is 1. The molecule has 9 nitrogen and oxygen atoms in total. The first kappa shape index (κ1) is 25.0. The Kier molecular flexibility index (Phi) is 7.12. The van der Waals surface area contributed by atoms with Crippen molar-refractivity contribution in [3.63, 3.8) is 0 Å². The van der Waals surface area contributed by atoms with E-state index < -0.39 is 6.03 Å². The molecule has 0 fully saturated rings. The van der Waals surface area contributed by atoms with Crippen LogP contribution in [0, 0.1) is 0 Å². The second kappa shape index (κ2) is 10.2. The molecule has 36 heavy (non-hydrogen) atoms. The number of aliphatic imine (C=N–C) groups is 1. The Morgan fingerprint density at radius 2 is 1.92 bits per heavy atom. The van der Waals surface area contributed by atoms with Gasteiger partial charge < -0.3 is 19.3 Å². The van der Waals surface area contributed by atoms with E-state index in [1.807, 2.05) is 32.9 Å². The van der Waals surface area contributed by atoms with Crippen LogP contribution in [-0.2, 0) is 5.41 Å². The highest BCUT2D eigenvalue weighted by Gasteiger charge is 2.20. The maximum absolute atomic E-state index is 12.4. The van der Waals surface area contributed by atoms with Crippen LogP contribution in [0.1, 0.15) is 32.1 Å². The van der Waals surface area contributed by atoms with Gasteiger partial charge in [0.05, 0.1) is 23.3 Å². The number of nitrogens with zero attached hydrogens (tertiary/aromatic N) is 3. The van der Waals surface area contributed by atoms with Crippen molar-refractivity contribution in [2.24, 2.45) is 4.99 Å². The van der Waals surface area contributed by atoms with Gasteiger partial charge in [0.25, 0.3) is 0 Å².